The van der Waals surface area contributed by atoms with Gasteiger partial charge in [-0.1, -0.05) is 49.9 Å². The van der Waals surface area contributed by atoms with E-state index in [0.29, 0.717) is 27.4 Å². The van der Waals surface area contributed by atoms with Gasteiger partial charge in [0.15, 0.2) is 0 Å². The maximum absolute atomic E-state index is 12.2. The second-order valence-corrected chi connectivity index (χ2v) is 6.29. The molecule has 1 fully saturated rings. The number of carbonyl (C=O) groups excluding carboxylic acids is 1. The molecule has 0 radical (unpaired) electrons. The average molecular weight is 300 g/mol. The molecule has 0 aliphatic heterocycles. The Kier molecular flexibility index (Phi) is 4.75. The predicted molar refractivity (Wildman–Crippen MR) is 79.9 cm³/mol. The Morgan fingerprint density at radius 1 is 1.21 bits per heavy atom. The minimum atomic E-state index is -0.0653. The van der Waals surface area contributed by atoms with E-state index in [0.717, 1.165) is 6.42 Å². The van der Waals surface area contributed by atoms with Crippen LogP contribution >= 0.6 is 23.2 Å². The van der Waals surface area contributed by atoms with Crippen LogP contribution < -0.4 is 5.32 Å². The van der Waals surface area contributed by atoms with Crippen molar-refractivity contribution in [1.29, 1.82) is 0 Å². The summed E-state index contributed by atoms with van der Waals surface area (Å²) in [4.78, 5) is 12.2. The fourth-order valence-corrected chi connectivity index (χ4v) is 2.97. The van der Waals surface area contributed by atoms with E-state index in [2.05, 4.69) is 19.2 Å². The molecule has 19 heavy (non-hydrogen) atoms. The second kappa shape index (κ2) is 6.15. The van der Waals surface area contributed by atoms with Gasteiger partial charge in [-0.25, -0.2) is 0 Å². The monoisotopic (exact) mass is 299 g/mol. The van der Waals surface area contributed by atoms with Crippen LogP contribution in [0.5, 0.6) is 0 Å². The van der Waals surface area contributed by atoms with Gasteiger partial charge < -0.3 is 5.32 Å². The molecule has 1 aliphatic rings. The zero-order chi connectivity index (χ0) is 14.0. The second-order valence-electron chi connectivity index (χ2n) is 5.48. The van der Waals surface area contributed by atoms with Crippen molar-refractivity contribution in [2.75, 3.05) is 0 Å². The van der Waals surface area contributed by atoms with E-state index >= 15 is 0 Å². The summed E-state index contributed by atoms with van der Waals surface area (Å²) in [6, 6.07) is 5.24. The largest absolute Gasteiger partial charge is 0.349 e. The van der Waals surface area contributed by atoms with Crippen LogP contribution in [0.4, 0.5) is 0 Å². The van der Waals surface area contributed by atoms with Crippen molar-refractivity contribution in [3.8, 4) is 0 Å². The van der Waals surface area contributed by atoms with Crippen LogP contribution in [0.15, 0.2) is 18.2 Å². The lowest BCUT2D eigenvalue weighted by Gasteiger charge is -2.34. The molecule has 104 valence electrons. The quantitative estimate of drug-likeness (QED) is 0.853. The van der Waals surface area contributed by atoms with Crippen LogP contribution in [0.25, 0.3) is 0 Å². The van der Waals surface area contributed by atoms with Crippen molar-refractivity contribution in [3.05, 3.63) is 33.8 Å². The number of halogens is 2. The van der Waals surface area contributed by atoms with Gasteiger partial charge in [0, 0.05) is 11.6 Å². The molecular formula is C15H19Cl2NO. The van der Waals surface area contributed by atoms with E-state index < -0.39 is 0 Å². The Hall–Kier alpha value is -0.730. The number of carbonyl (C=O) groups is 1. The van der Waals surface area contributed by atoms with Gasteiger partial charge in [0.25, 0.3) is 5.91 Å². The SMILES string of the molecule is C[C@@H]1[C@@H](C)CCC[C@H]1NC(=O)c1ccc(Cl)c(Cl)c1. The van der Waals surface area contributed by atoms with Gasteiger partial charge in [-0.15, -0.1) is 0 Å². The topological polar surface area (TPSA) is 29.1 Å². The van der Waals surface area contributed by atoms with E-state index in [1.807, 2.05) is 0 Å². The molecule has 2 nitrogen and oxygen atoms in total. The van der Waals surface area contributed by atoms with Crippen LogP contribution in [0, 0.1) is 11.8 Å². The summed E-state index contributed by atoms with van der Waals surface area (Å²) in [6.45, 7) is 4.46. The van der Waals surface area contributed by atoms with Gasteiger partial charge in [-0.05, 0) is 36.5 Å². The fourth-order valence-electron chi connectivity index (χ4n) is 2.67. The first-order chi connectivity index (χ1) is 8.99. The van der Waals surface area contributed by atoms with Crippen molar-refractivity contribution < 1.29 is 4.79 Å². The number of nitrogens with one attached hydrogen (secondary N) is 1. The minimum Gasteiger partial charge on any atom is -0.349 e. The summed E-state index contributed by atoms with van der Waals surface area (Å²) in [5, 5.41) is 4.01. The van der Waals surface area contributed by atoms with Crippen LogP contribution in [0.1, 0.15) is 43.5 Å². The predicted octanol–water partition coefficient (Wildman–Crippen LogP) is 4.55. The van der Waals surface area contributed by atoms with Crippen molar-refractivity contribution in [3.63, 3.8) is 0 Å². The third-order valence-electron chi connectivity index (χ3n) is 4.21. The summed E-state index contributed by atoms with van der Waals surface area (Å²) < 4.78 is 0. The molecule has 1 amide bonds. The molecule has 1 aromatic rings. The maximum Gasteiger partial charge on any atom is 0.251 e. The molecule has 0 aromatic heterocycles. The van der Waals surface area contributed by atoms with Crippen LogP contribution in [-0.2, 0) is 0 Å². The lowest BCUT2D eigenvalue weighted by molar-refractivity contribution is 0.0891. The van der Waals surface area contributed by atoms with E-state index in [-0.39, 0.29) is 11.9 Å². The zero-order valence-corrected chi connectivity index (χ0v) is 12.8. The summed E-state index contributed by atoms with van der Waals surface area (Å²) in [7, 11) is 0. The highest BCUT2D eigenvalue weighted by Crippen LogP contribution is 2.30. The number of amides is 1. The molecule has 1 aromatic carbocycles. The Balaban J connectivity index is 2.06. The number of hydrogen-bond donors (Lipinski definition) is 1. The highest BCUT2D eigenvalue weighted by molar-refractivity contribution is 6.42. The summed E-state index contributed by atoms with van der Waals surface area (Å²) in [5.41, 5.74) is 0.569. The minimum absolute atomic E-state index is 0.0653. The normalized spacial score (nSPS) is 27.1. The molecular weight excluding hydrogens is 281 g/mol. The molecule has 0 heterocycles. The van der Waals surface area contributed by atoms with Gasteiger partial charge in [-0.3, -0.25) is 4.79 Å². The highest BCUT2D eigenvalue weighted by Gasteiger charge is 2.28. The first-order valence-electron chi connectivity index (χ1n) is 6.75. The van der Waals surface area contributed by atoms with Crippen molar-refractivity contribution in [2.24, 2.45) is 11.8 Å². The summed E-state index contributed by atoms with van der Waals surface area (Å²) in [6.07, 6.45) is 3.48. The third kappa shape index (κ3) is 3.43. The number of benzene rings is 1. The van der Waals surface area contributed by atoms with Crippen molar-refractivity contribution in [1.82, 2.24) is 5.32 Å². The van der Waals surface area contributed by atoms with Gasteiger partial charge in [0.05, 0.1) is 10.0 Å². The standard InChI is InChI=1S/C15H19Cl2NO/c1-9-4-3-5-14(10(9)2)18-15(19)11-6-7-12(16)13(17)8-11/h6-10,14H,3-5H2,1-2H3,(H,18,19)/t9-,10+,14+/m0/s1. The van der Waals surface area contributed by atoms with Gasteiger partial charge >= 0.3 is 0 Å². The molecule has 0 bridgehead atoms. The van der Waals surface area contributed by atoms with Crippen molar-refractivity contribution in [2.45, 2.75) is 39.2 Å². The Labute approximate surface area is 124 Å². The molecule has 3 atom stereocenters. The van der Waals surface area contributed by atoms with Crippen molar-refractivity contribution >= 4 is 29.1 Å². The van der Waals surface area contributed by atoms with Crippen LogP contribution in [0.3, 0.4) is 0 Å². The first kappa shape index (κ1) is 14.7. The van der Waals surface area contributed by atoms with Crippen LogP contribution in [0.2, 0.25) is 10.0 Å². The summed E-state index contributed by atoms with van der Waals surface area (Å²) in [5.74, 6) is 1.11. The average Bonchev–Trinajstić information content (AvgIpc) is 2.38. The lowest BCUT2D eigenvalue weighted by atomic mass is 9.78. The molecule has 0 saturated heterocycles. The Bertz CT molecular complexity index is 475. The van der Waals surface area contributed by atoms with Gasteiger partial charge in [0.1, 0.15) is 0 Å². The van der Waals surface area contributed by atoms with Gasteiger partial charge in [-0.2, -0.15) is 0 Å². The van der Waals surface area contributed by atoms with E-state index in [1.54, 1.807) is 18.2 Å². The molecule has 1 N–H and O–H groups in total. The lowest BCUT2D eigenvalue weighted by Crippen LogP contribution is -2.43. The fraction of sp³-hybridized carbons (Fsp3) is 0.533. The highest BCUT2D eigenvalue weighted by atomic mass is 35.5. The first-order valence-corrected chi connectivity index (χ1v) is 7.50. The molecule has 1 saturated carbocycles. The van der Waals surface area contributed by atoms with E-state index in [4.69, 9.17) is 23.2 Å². The van der Waals surface area contributed by atoms with E-state index in [9.17, 15) is 4.79 Å². The summed E-state index contributed by atoms with van der Waals surface area (Å²) >= 11 is 11.8. The number of rotatable bonds is 2. The molecule has 2 rings (SSSR count). The number of hydrogen-bond acceptors (Lipinski definition) is 1. The molecule has 1 aliphatic carbocycles. The maximum atomic E-state index is 12.2. The molecule has 0 spiro atoms. The van der Waals surface area contributed by atoms with Gasteiger partial charge in [0.2, 0.25) is 0 Å². The smallest absolute Gasteiger partial charge is 0.251 e. The Morgan fingerprint density at radius 3 is 2.63 bits per heavy atom. The van der Waals surface area contributed by atoms with E-state index in [1.165, 1.54) is 12.8 Å². The third-order valence-corrected chi connectivity index (χ3v) is 4.94. The van der Waals surface area contributed by atoms with Crippen LogP contribution in [-0.4, -0.2) is 11.9 Å². The molecule has 0 unspecified atom stereocenters. The Morgan fingerprint density at radius 2 is 1.95 bits per heavy atom. The molecule has 4 heteroatoms. The zero-order valence-electron chi connectivity index (χ0n) is 11.2.